The van der Waals surface area contributed by atoms with E-state index in [-0.39, 0.29) is 16.9 Å². The SMILES string of the molecule is C[C@H](NCc1ccc(Cl)c(F)c1)c1ccc(F)cc1. The molecule has 1 nitrogen and oxygen atoms in total. The van der Waals surface area contributed by atoms with Crippen molar-refractivity contribution in [2.24, 2.45) is 0 Å². The number of halogens is 3. The predicted molar refractivity (Wildman–Crippen MR) is 73.1 cm³/mol. The molecule has 0 aromatic heterocycles. The monoisotopic (exact) mass is 281 g/mol. The van der Waals surface area contributed by atoms with Crippen LogP contribution in [0.3, 0.4) is 0 Å². The highest BCUT2D eigenvalue weighted by Crippen LogP contribution is 2.17. The van der Waals surface area contributed by atoms with Crippen LogP contribution in [0.2, 0.25) is 5.02 Å². The summed E-state index contributed by atoms with van der Waals surface area (Å²) in [5, 5.41) is 3.37. The second-order valence-electron chi connectivity index (χ2n) is 4.40. The van der Waals surface area contributed by atoms with Gasteiger partial charge in [0.15, 0.2) is 0 Å². The molecule has 0 aliphatic carbocycles. The molecular weight excluding hydrogens is 268 g/mol. The lowest BCUT2D eigenvalue weighted by molar-refractivity contribution is 0.566. The van der Waals surface area contributed by atoms with E-state index in [0.29, 0.717) is 6.54 Å². The topological polar surface area (TPSA) is 12.0 Å². The fraction of sp³-hybridized carbons (Fsp3) is 0.200. The summed E-state index contributed by atoms with van der Waals surface area (Å²) in [6.45, 7) is 2.49. The number of rotatable bonds is 4. The van der Waals surface area contributed by atoms with E-state index >= 15 is 0 Å². The molecular formula is C15H14ClF2N. The molecule has 0 fully saturated rings. The van der Waals surface area contributed by atoms with Gasteiger partial charge < -0.3 is 5.32 Å². The lowest BCUT2D eigenvalue weighted by Crippen LogP contribution is -2.18. The molecule has 4 heteroatoms. The van der Waals surface area contributed by atoms with Gasteiger partial charge in [0.1, 0.15) is 11.6 Å². The Labute approximate surface area is 116 Å². The smallest absolute Gasteiger partial charge is 0.142 e. The third-order valence-electron chi connectivity index (χ3n) is 2.97. The maximum absolute atomic E-state index is 13.3. The van der Waals surface area contributed by atoms with E-state index < -0.39 is 5.82 Å². The number of hydrogen-bond donors (Lipinski definition) is 1. The van der Waals surface area contributed by atoms with Crippen LogP contribution in [0.1, 0.15) is 24.1 Å². The molecule has 0 saturated heterocycles. The first-order chi connectivity index (χ1) is 9.06. The summed E-state index contributed by atoms with van der Waals surface area (Å²) < 4.78 is 26.1. The van der Waals surface area contributed by atoms with E-state index in [1.165, 1.54) is 24.3 Å². The molecule has 0 spiro atoms. The standard InChI is InChI=1S/C15H14ClF2N/c1-10(12-3-5-13(17)6-4-12)19-9-11-2-7-14(16)15(18)8-11/h2-8,10,19H,9H2,1H3/t10-/m0/s1. The number of nitrogens with one attached hydrogen (secondary N) is 1. The van der Waals surface area contributed by atoms with Crippen LogP contribution in [0.25, 0.3) is 0 Å². The van der Waals surface area contributed by atoms with Crippen LogP contribution < -0.4 is 5.32 Å². The second kappa shape index (κ2) is 6.13. The van der Waals surface area contributed by atoms with Crippen molar-refractivity contribution in [2.45, 2.75) is 19.5 Å². The van der Waals surface area contributed by atoms with Gasteiger partial charge in [0.05, 0.1) is 5.02 Å². The van der Waals surface area contributed by atoms with Gasteiger partial charge in [0.2, 0.25) is 0 Å². The molecule has 0 bridgehead atoms. The molecule has 1 N–H and O–H groups in total. The van der Waals surface area contributed by atoms with Gasteiger partial charge in [0.25, 0.3) is 0 Å². The summed E-state index contributed by atoms with van der Waals surface area (Å²) in [7, 11) is 0. The Bertz CT molecular complexity index is 555. The van der Waals surface area contributed by atoms with Gasteiger partial charge in [-0.15, -0.1) is 0 Å². The molecule has 2 rings (SSSR count). The average molecular weight is 282 g/mol. The van der Waals surface area contributed by atoms with Crippen LogP contribution in [0.15, 0.2) is 42.5 Å². The van der Waals surface area contributed by atoms with Crippen LogP contribution in [0.5, 0.6) is 0 Å². The summed E-state index contributed by atoms with van der Waals surface area (Å²) in [5.74, 6) is -0.675. The van der Waals surface area contributed by atoms with Gasteiger partial charge in [0, 0.05) is 12.6 Å². The van der Waals surface area contributed by atoms with Crippen LogP contribution in [-0.4, -0.2) is 0 Å². The summed E-state index contributed by atoms with van der Waals surface area (Å²) in [4.78, 5) is 0. The number of benzene rings is 2. The zero-order valence-corrected chi connectivity index (χ0v) is 11.2. The molecule has 0 saturated carbocycles. The van der Waals surface area contributed by atoms with Gasteiger partial charge in [-0.3, -0.25) is 0 Å². The van der Waals surface area contributed by atoms with Crippen molar-refractivity contribution >= 4 is 11.6 Å². The highest BCUT2D eigenvalue weighted by molar-refractivity contribution is 6.30. The summed E-state index contributed by atoms with van der Waals surface area (Å²) in [5.41, 5.74) is 1.80. The molecule has 0 aliphatic heterocycles. The molecule has 0 radical (unpaired) electrons. The Morgan fingerprint density at radius 3 is 2.42 bits per heavy atom. The second-order valence-corrected chi connectivity index (χ2v) is 4.81. The quantitative estimate of drug-likeness (QED) is 0.872. The Hall–Kier alpha value is -1.45. The first-order valence-electron chi connectivity index (χ1n) is 5.99. The van der Waals surface area contributed by atoms with E-state index in [4.69, 9.17) is 11.6 Å². The minimum absolute atomic E-state index is 0.0549. The fourth-order valence-electron chi connectivity index (χ4n) is 1.79. The lowest BCUT2D eigenvalue weighted by atomic mass is 10.1. The van der Waals surface area contributed by atoms with Crippen molar-refractivity contribution in [3.05, 3.63) is 70.2 Å². The molecule has 0 aliphatic rings. The molecule has 2 aromatic rings. The van der Waals surface area contributed by atoms with E-state index in [1.807, 2.05) is 6.92 Å². The minimum atomic E-state index is -0.421. The molecule has 19 heavy (non-hydrogen) atoms. The van der Waals surface area contributed by atoms with Crippen molar-refractivity contribution in [3.63, 3.8) is 0 Å². The van der Waals surface area contributed by atoms with Gasteiger partial charge in [-0.1, -0.05) is 29.8 Å². The lowest BCUT2D eigenvalue weighted by Gasteiger charge is -2.14. The van der Waals surface area contributed by atoms with Gasteiger partial charge in [-0.25, -0.2) is 8.78 Å². The van der Waals surface area contributed by atoms with Crippen LogP contribution >= 0.6 is 11.6 Å². The van der Waals surface area contributed by atoms with Crippen molar-refractivity contribution in [1.29, 1.82) is 0 Å². The maximum Gasteiger partial charge on any atom is 0.142 e. The fourth-order valence-corrected chi connectivity index (χ4v) is 1.91. The highest BCUT2D eigenvalue weighted by Gasteiger charge is 2.06. The molecule has 100 valence electrons. The van der Waals surface area contributed by atoms with E-state index in [2.05, 4.69) is 5.32 Å². The molecule has 1 atom stereocenters. The Kier molecular flexibility index (Phi) is 4.51. The third kappa shape index (κ3) is 3.75. The van der Waals surface area contributed by atoms with Crippen molar-refractivity contribution < 1.29 is 8.78 Å². The maximum atomic E-state index is 13.3. The van der Waals surface area contributed by atoms with Gasteiger partial charge >= 0.3 is 0 Å². The van der Waals surface area contributed by atoms with Crippen LogP contribution in [-0.2, 0) is 6.54 Å². The predicted octanol–water partition coefficient (Wildman–Crippen LogP) is 4.47. The molecule has 0 heterocycles. The molecule has 0 unspecified atom stereocenters. The summed E-state index contributed by atoms with van der Waals surface area (Å²) in [6.07, 6.45) is 0. The van der Waals surface area contributed by atoms with Gasteiger partial charge in [-0.05, 0) is 42.3 Å². The third-order valence-corrected chi connectivity index (χ3v) is 3.27. The molecule has 2 aromatic carbocycles. The zero-order chi connectivity index (χ0) is 13.8. The largest absolute Gasteiger partial charge is 0.306 e. The summed E-state index contributed by atoms with van der Waals surface area (Å²) >= 11 is 5.62. The van der Waals surface area contributed by atoms with Crippen LogP contribution in [0.4, 0.5) is 8.78 Å². The summed E-state index contributed by atoms with van der Waals surface area (Å²) in [6, 6.07) is 11.1. The zero-order valence-electron chi connectivity index (χ0n) is 10.5. The number of hydrogen-bond acceptors (Lipinski definition) is 1. The first kappa shape index (κ1) is 14.0. The van der Waals surface area contributed by atoms with Crippen molar-refractivity contribution in [3.8, 4) is 0 Å². The molecule has 0 amide bonds. The highest BCUT2D eigenvalue weighted by atomic mass is 35.5. The normalized spacial score (nSPS) is 12.4. The first-order valence-corrected chi connectivity index (χ1v) is 6.37. The Balaban J connectivity index is 1.98. The van der Waals surface area contributed by atoms with E-state index in [9.17, 15) is 8.78 Å². The minimum Gasteiger partial charge on any atom is -0.306 e. The van der Waals surface area contributed by atoms with Crippen molar-refractivity contribution in [2.75, 3.05) is 0 Å². The van der Waals surface area contributed by atoms with E-state index in [0.717, 1.165) is 11.1 Å². The van der Waals surface area contributed by atoms with Gasteiger partial charge in [-0.2, -0.15) is 0 Å². The van der Waals surface area contributed by atoms with Crippen molar-refractivity contribution in [1.82, 2.24) is 5.32 Å². The van der Waals surface area contributed by atoms with E-state index in [1.54, 1.807) is 18.2 Å². The average Bonchev–Trinajstić information content (AvgIpc) is 2.40. The van der Waals surface area contributed by atoms with Crippen LogP contribution in [0, 0.1) is 11.6 Å². The Morgan fingerprint density at radius 1 is 1.11 bits per heavy atom. The Morgan fingerprint density at radius 2 is 1.79 bits per heavy atom.